The van der Waals surface area contributed by atoms with E-state index in [-0.39, 0.29) is 0 Å². The summed E-state index contributed by atoms with van der Waals surface area (Å²) in [6.07, 6.45) is 1.76. The minimum Gasteiger partial charge on any atom is -0.411 e. The van der Waals surface area contributed by atoms with Crippen molar-refractivity contribution in [2.45, 2.75) is 6.42 Å². The highest BCUT2D eigenvalue weighted by molar-refractivity contribution is 5.78. The summed E-state index contributed by atoms with van der Waals surface area (Å²) in [5.41, 5.74) is 1.78. The van der Waals surface area contributed by atoms with E-state index in [0.29, 0.717) is 6.42 Å². The Bertz CT molecular complexity index is 308. The third-order valence-corrected chi connectivity index (χ3v) is 1.47. The van der Waals surface area contributed by atoms with Gasteiger partial charge in [-0.15, -0.1) is 0 Å². The number of hydrogen-bond donors (Lipinski definition) is 1. The Labute approximate surface area is 70.6 Å². The van der Waals surface area contributed by atoms with Gasteiger partial charge in [0.25, 0.3) is 0 Å². The first-order valence-electron chi connectivity index (χ1n) is 3.50. The fourth-order valence-electron chi connectivity index (χ4n) is 0.880. The first-order chi connectivity index (χ1) is 5.86. The van der Waals surface area contributed by atoms with Crippen LogP contribution in [-0.2, 0) is 6.42 Å². The molecule has 3 nitrogen and oxygen atoms in total. The van der Waals surface area contributed by atoms with E-state index in [0.717, 1.165) is 11.1 Å². The SMILES string of the molecule is N#CCc1ccc(C=NO)cc1. The number of oxime groups is 1. The summed E-state index contributed by atoms with van der Waals surface area (Å²) in [6.45, 7) is 0. The van der Waals surface area contributed by atoms with E-state index in [1.54, 1.807) is 12.1 Å². The van der Waals surface area contributed by atoms with Crippen LogP contribution < -0.4 is 0 Å². The van der Waals surface area contributed by atoms with Crippen LogP contribution in [0, 0.1) is 11.3 Å². The summed E-state index contributed by atoms with van der Waals surface area (Å²) in [5.74, 6) is 0. The van der Waals surface area contributed by atoms with Gasteiger partial charge in [0.2, 0.25) is 0 Å². The zero-order valence-corrected chi connectivity index (χ0v) is 6.44. The molecule has 0 saturated carbocycles. The van der Waals surface area contributed by atoms with Gasteiger partial charge < -0.3 is 5.21 Å². The Hall–Kier alpha value is -1.82. The molecule has 1 rings (SSSR count). The highest BCUT2D eigenvalue weighted by Gasteiger charge is 1.90. The fourth-order valence-corrected chi connectivity index (χ4v) is 0.880. The minimum absolute atomic E-state index is 0.413. The molecule has 12 heavy (non-hydrogen) atoms. The maximum Gasteiger partial charge on any atom is 0.0733 e. The predicted octanol–water partition coefficient (Wildman–Crippen LogP) is 1.56. The molecule has 0 saturated heterocycles. The normalized spacial score (nSPS) is 9.92. The summed E-state index contributed by atoms with van der Waals surface area (Å²) in [6, 6.07) is 9.32. The van der Waals surface area contributed by atoms with E-state index in [9.17, 15) is 0 Å². The van der Waals surface area contributed by atoms with E-state index in [2.05, 4.69) is 11.2 Å². The van der Waals surface area contributed by atoms with Crippen LogP contribution in [0.25, 0.3) is 0 Å². The second kappa shape index (κ2) is 4.14. The number of nitrogens with zero attached hydrogens (tertiary/aromatic N) is 2. The molecule has 0 aliphatic rings. The van der Waals surface area contributed by atoms with Crippen molar-refractivity contribution in [3.05, 3.63) is 35.4 Å². The Morgan fingerprint density at radius 2 is 2.08 bits per heavy atom. The summed E-state index contributed by atoms with van der Waals surface area (Å²) in [5, 5.41) is 19.5. The van der Waals surface area contributed by atoms with Gasteiger partial charge in [0.05, 0.1) is 18.7 Å². The molecule has 0 radical (unpaired) electrons. The second-order valence-electron chi connectivity index (χ2n) is 2.32. The van der Waals surface area contributed by atoms with Gasteiger partial charge in [0.1, 0.15) is 0 Å². The molecule has 0 heterocycles. The highest BCUT2D eigenvalue weighted by Crippen LogP contribution is 2.02. The zero-order valence-electron chi connectivity index (χ0n) is 6.44. The maximum atomic E-state index is 8.38. The van der Waals surface area contributed by atoms with E-state index in [1.807, 2.05) is 12.1 Å². The lowest BCUT2D eigenvalue weighted by atomic mass is 10.1. The van der Waals surface area contributed by atoms with Gasteiger partial charge in [0, 0.05) is 0 Å². The maximum absolute atomic E-state index is 8.38. The summed E-state index contributed by atoms with van der Waals surface area (Å²) in [4.78, 5) is 0. The first-order valence-corrected chi connectivity index (χ1v) is 3.50. The topological polar surface area (TPSA) is 56.4 Å². The van der Waals surface area contributed by atoms with Crippen LogP contribution in [-0.4, -0.2) is 11.4 Å². The molecular weight excluding hydrogens is 152 g/mol. The van der Waals surface area contributed by atoms with Crippen molar-refractivity contribution < 1.29 is 5.21 Å². The molecule has 0 bridgehead atoms. The lowest BCUT2D eigenvalue weighted by Gasteiger charge is -1.93. The van der Waals surface area contributed by atoms with Crippen molar-refractivity contribution in [3.8, 4) is 6.07 Å². The average Bonchev–Trinajstić information content (AvgIpc) is 2.09. The number of hydrogen-bond acceptors (Lipinski definition) is 3. The molecule has 3 heteroatoms. The number of nitriles is 1. The standard InChI is InChI=1S/C9H8N2O/c10-6-5-8-1-3-9(4-2-8)7-11-12/h1-4,7,12H,5H2. The van der Waals surface area contributed by atoms with Crippen molar-refractivity contribution in [1.29, 1.82) is 5.26 Å². The van der Waals surface area contributed by atoms with Crippen molar-refractivity contribution in [3.63, 3.8) is 0 Å². The quantitative estimate of drug-likeness (QED) is 0.405. The van der Waals surface area contributed by atoms with Crippen LogP contribution in [0.4, 0.5) is 0 Å². The monoisotopic (exact) mass is 160 g/mol. The third kappa shape index (κ3) is 2.10. The Morgan fingerprint density at radius 1 is 1.42 bits per heavy atom. The molecular formula is C9H8N2O. The summed E-state index contributed by atoms with van der Waals surface area (Å²) in [7, 11) is 0. The third-order valence-electron chi connectivity index (χ3n) is 1.47. The molecule has 60 valence electrons. The lowest BCUT2D eigenvalue weighted by molar-refractivity contribution is 0.322. The predicted molar refractivity (Wildman–Crippen MR) is 45.1 cm³/mol. The van der Waals surface area contributed by atoms with Crippen molar-refractivity contribution in [2.75, 3.05) is 0 Å². The molecule has 1 N–H and O–H groups in total. The molecule has 0 aliphatic heterocycles. The fraction of sp³-hybridized carbons (Fsp3) is 0.111. The number of rotatable bonds is 2. The van der Waals surface area contributed by atoms with Gasteiger partial charge in [0.15, 0.2) is 0 Å². The second-order valence-corrected chi connectivity index (χ2v) is 2.32. The molecule has 1 aromatic rings. The smallest absolute Gasteiger partial charge is 0.0733 e. The van der Waals surface area contributed by atoms with Crippen molar-refractivity contribution >= 4 is 6.21 Å². The molecule has 0 spiro atoms. The first kappa shape index (κ1) is 8.28. The highest BCUT2D eigenvalue weighted by atomic mass is 16.4. The van der Waals surface area contributed by atoms with E-state index >= 15 is 0 Å². The van der Waals surface area contributed by atoms with Gasteiger partial charge in [-0.3, -0.25) is 0 Å². The van der Waals surface area contributed by atoms with E-state index < -0.39 is 0 Å². The van der Waals surface area contributed by atoms with Crippen molar-refractivity contribution in [2.24, 2.45) is 5.16 Å². The minimum atomic E-state index is 0.413. The largest absolute Gasteiger partial charge is 0.411 e. The molecule has 0 fully saturated rings. The molecule has 0 amide bonds. The molecule has 0 atom stereocenters. The van der Waals surface area contributed by atoms with Crippen LogP contribution in [0.1, 0.15) is 11.1 Å². The van der Waals surface area contributed by atoms with Gasteiger partial charge in [-0.05, 0) is 11.1 Å². The van der Waals surface area contributed by atoms with Crippen LogP contribution >= 0.6 is 0 Å². The van der Waals surface area contributed by atoms with Crippen molar-refractivity contribution in [1.82, 2.24) is 0 Å². The van der Waals surface area contributed by atoms with Crippen LogP contribution in [0.3, 0.4) is 0 Å². The number of benzene rings is 1. The molecule has 0 unspecified atom stereocenters. The molecule has 0 aromatic heterocycles. The molecule has 0 aliphatic carbocycles. The van der Waals surface area contributed by atoms with Gasteiger partial charge >= 0.3 is 0 Å². The van der Waals surface area contributed by atoms with Crippen LogP contribution in [0.15, 0.2) is 29.4 Å². The summed E-state index contributed by atoms with van der Waals surface area (Å²) >= 11 is 0. The Kier molecular flexibility index (Phi) is 2.86. The summed E-state index contributed by atoms with van der Waals surface area (Å²) < 4.78 is 0. The zero-order chi connectivity index (χ0) is 8.81. The van der Waals surface area contributed by atoms with E-state index in [1.165, 1.54) is 6.21 Å². The Balaban J connectivity index is 2.79. The Morgan fingerprint density at radius 3 is 2.58 bits per heavy atom. The lowest BCUT2D eigenvalue weighted by Crippen LogP contribution is -1.84. The van der Waals surface area contributed by atoms with Gasteiger partial charge in [-0.2, -0.15) is 5.26 Å². The van der Waals surface area contributed by atoms with Gasteiger partial charge in [-0.25, -0.2) is 0 Å². The van der Waals surface area contributed by atoms with Crippen LogP contribution in [0.5, 0.6) is 0 Å². The average molecular weight is 160 g/mol. The van der Waals surface area contributed by atoms with Gasteiger partial charge in [-0.1, -0.05) is 29.4 Å². The van der Waals surface area contributed by atoms with Crippen LogP contribution in [0.2, 0.25) is 0 Å². The molecule has 1 aromatic carbocycles. The van der Waals surface area contributed by atoms with E-state index in [4.69, 9.17) is 10.5 Å².